The van der Waals surface area contributed by atoms with Gasteiger partial charge in [0.25, 0.3) is 0 Å². The molecule has 1 atom stereocenters. The van der Waals surface area contributed by atoms with Gasteiger partial charge in [-0.25, -0.2) is 18.9 Å². The third-order valence-electron chi connectivity index (χ3n) is 6.09. The molecule has 0 aliphatic carbocycles. The molecule has 0 radical (unpaired) electrons. The largest absolute Gasteiger partial charge is 0.301 e. The molecule has 0 spiro atoms. The van der Waals surface area contributed by atoms with E-state index in [1.54, 1.807) is 0 Å². The lowest BCUT2D eigenvalue weighted by Crippen LogP contribution is -2.33. The number of carbonyl (C=O) groups is 1. The summed E-state index contributed by atoms with van der Waals surface area (Å²) in [6.07, 6.45) is 0.707. The smallest absolute Gasteiger partial charge is 0.158 e. The predicted molar refractivity (Wildman–Crippen MR) is 122 cm³/mol. The zero-order valence-electron chi connectivity index (χ0n) is 18.4. The Balaban J connectivity index is 1.68. The molecule has 1 N–H and O–H groups in total. The highest BCUT2D eigenvalue weighted by Gasteiger charge is 2.33. The van der Waals surface area contributed by atoms with Crippen molar-refractivity contribution in [1.29, 1.82) is 0 Å². The van der Waals surface area contributed by atoms with E-state index in [2.05, 4.69) is 20.6 Å². The van der Waals surface area contributed by atoms with Crippen LogP contribution in [0.5, 0.6) is 0 Å². The molecule has 3 aromatic carbocycles. The molecule has 9 heteroatoms. The molecule has 0 saturated heterocycles. The van der Waals surface area contributed by atoms with Gasteiger partial charge in [-0.15, -0.1) is 5.10 Å². The number of hydrazone groups is 1. The summed E-state index contributed by atoms with van der Waals surface area (Å²) in [7, 11) is 0. The van der Waals surface area contributed by atoms with E-state index in [1.807, 2.05) is 62.4 Å². The molecular formula is C25H20F2N6O. The van der Waals surface area contributed by atoms with Crippen molar-refractivity contribution in [2.45, 2.75) is 25.3 Å². The van der Waals surface area contributed by atoms with Gasteiger partial charge in [0, 0.05) is 17.2 Å². The summed E-state index contributed by atoms with van der Waals surface area (Å²) in [5.41, 5.74) is 3.18. The van der Waals surface area contributed by atoms with Gasteiger partial charge in [-0.05, 0) is 53.6 Å². The quantitative estimate of drug-likeness (QED) is 0.450. The molecule has 0 saturated carbocycles. The lowest BCUT2D eigenvalue weighted by Gasteiger charge is -2.33. The van der Waals surface area contributed by atoms with E-state index in [0.29, 0.717) is 23.4 Å². The summed E-state index contributed by atoms with van der Waals surface area (Å²) in [5, 5.41) is 20.3. The highest BCUT2D eigenvalue weighted by Crippen LogP contribution is 2.37. The third kappa shape index (κ3) is 3.55. The first-order valence-corrected chi connectivity index (χ1v) is 10.6. The van der Waals surface area contributed by atoms with Crippen LogP contribution in [-0.4, -0.2) is 32.6 Å². The van der Waals surface area contributed by atoms with Crippen LogP contribution < -0.4 is 5.01 Å². The van der Waals surface area contributed by atoms with E-state index in [4.69, 9.17) is 5.10 Å². The first-order chi connectivity index (χ1) is 16.4. The van der Waals surface area contributed by atoms with Gasteiger partial charge in [-0.1, -0.05) is 42.5 Å². The van der Waals surface area contributed by atoms with Crippen molar-refractivity contribution in [3.8, 4) is 0 Å². The number of aromatic nitrogens is 4. The van der Waals surface area contributed by atoms with Gasteiger partial charge < -0.3 is 4.79 Å². The second-order valence-corrected chi connectivity index (χ2v) is 8.51. The van der Waals surface area contributed by atoms with Crippen molar-refractivity contribution >= 4 is 17.7 Å². The van der Waals surface area contributed by atoms with Crippen LogP contribution in [0, 0.1) is 11.6 Å². The number of tetrazole rings is 1. The number of hydrogen-bond donors (Lipinski definition) is 1. The Hall–Kier alpha value is -4.27. The molecule has 0 fully saturated rings. The molecule has 34 heavy (non-hydrogen) atoms. The van der Waals surface area contributed by atoms with E-state index in [9.17, 15) is 13.6 Å². The fourth-order valence-electron chi connectivity index (χ4n) is 4.16. The van der Waals surface area contributed by atoms with Crippen LogP contribution in [0.15, 0.2) is 71.8 Å². The molecule has 4 aromatic rings. The number of fused-ring (bicyclic) bond motifs is 1. The van der Waals surface area contributed by atoms with E-state index in [1.165, 1.54) is 11.1 Å². The molecule has 1 aliphatic heterocycles. The molecule has 1 aliphatic rings. The predicted octanol–water partition coefficient (Wildman–Crippen LogP) is 4.32. The number of anilines is 1. The number of aldehydes is 1. The lowest BCUT2D eigenvalue weighted by atomic mass is 9.82. The van der Waals surface area contributed by atoms with Crippen LogP contribution in [0.4, 0.5) is 14.5 Å². The van der Waals surface area contributed by atoms with Crippen molar-refractivity contribution in [1.82, 2.24) is 20.6 Å². The number of nitrogens with one attached hydrogen (secondary N) is 1. The van der Waals surface area contributed by atoms with E-state index in [-0.39, 0.29) is 5.69 Å². The van der Waals surface area contributed by atoms with Crippen molar-refractivity contribution in [3.63, 3.8) is 0 Å². The number of rotatable bonds is 5. The van der Waals surface area contributed by atoms with Crippen molar-refractivity contribution in [2.24, 2.45) is 5.10 Å². The Morgan fingerprint density at radius 3 is 2.59 bits per heavy atom. The van der Waals surface area contributed by atoms with E-state index in [0.717, 1.165) is 28.8 Å². The average molecular weight is 458 g/mol. The van der Waals surface area contributed by atoms with E-state index >= 15 is 0 Å². The minimum Gasteiger partial charge on any atom is -0.301 e. The second-order valence-electron chi connectivity index (χ2n) is 8.51. The van der Waals surface area contributed by atoms with Crippen LogP contribution in [0.1, 0.15) is 48.0 Å². The molecular weight excluding hydrogens is 438 g/mol. The van der Waals surface area contributed by atoms with Crippen molar-refractivity contribution in [3.05, 3.63) is 106 Å². The summed E-state index contributed by atoms with van der Waals surface area (Å²) < 4.78 is 28.3. The number of halogens is 2. The Bertz CT molecular complexity index is 1400. The SMILES string of the molecule is CC(C)(c1cccc(C2=NN(c3ccc(F)cc3F)C(C=O)c3ccccc32)c1)c1nnn[nH]1. The van der Waals surface area contributed by atoms with Gasteiger partial charge in [0.2, 0.25) is 0 Å². The molecule has 5 rings (SSSR count). The van der Waals surface area contributed by atoms with Crippen molar-refractivity contribution in [2.75, 3.05) is 5.01 Å². The number of H-pyrrole nitrogens is 1. The lowest BCUT2D eigenvalue weighted by molar-refractivity contribution is -0.109. The van der Waals surface area contributed by atoms with Crippen LogP contribution in [0.25, 0.3) is 0 Å². The van der Waals surface area contributed by atoms with E-state index < -0.39 is 23.1 Å². The summed E-state index contributed by atoms with van der Waals surface area (Å²) in [6, 6.07) is 17.4. The zero-order chi connectivity index (χ0) is 23.9. The number of benzene rings is 3. The maximum atomic E-state index is 14.7. The number of hydrogen-bond acceptors (Lipinski definition) is 6. The Morgan fingerprint density at radius 2 is 1.85 bits per heavy atom. The maximum Gasteiger partial charge on any atom is 0.158 e. The highest BCUT2D eigenvalue weighted by molar-refractivity contribution is 6.15. The van der Waals surface area contributed by atoms with Gasteiger partial charge in [-0.2, -0.15) is 5.10 Å². The van der Waals surface area contributed by atoms with Gasteiger partial charge in [0.15, 0.2) is 11.6 Å². The van der Waals surface area contributed by atoms with Crippen LogP contribution in [0.3, 0.4) is 0 Å². The van der Waals surface area contributed by atoms with Crippen LogP contribution in [-0.2, 0) is 10.2 Å². The minimum absolute atomic E-state index is 0.00900. The summed E-state index contributed by atoms with van der Waals surface area (Å²) in [5.74, 6) is -0.906. The summed E-state index contributed by atoms with van der Waals surface area (Å²) >= 11 is 0. The molecule has 7 nitrogen and oxygen atoms in total. The Morgan fingerprint density at radius 1 is 1.03 bits per heavy atom. The fourth-order valence-corrected chi connectivity index (χ4v) is 4.16. The first-order valence-electron chi connectivity index (χ1n) is 10.6. The van der Waals surface area contributed by atoms with Gasteiger partial charge in [0.05, 0.1) is 16.8 Å². The summed E-state index contributed by atoms with van der Waals surface area (Å²) in [6.45, 7) is 3.99. The maximum absolute atomic E-state index is 14.7. The number of carbonyl (C=O) groups excluding carboxylic acids is 1. The molecule has 1 unspecified atom stereocenters. The Labute approximate surface area is 194 Å². The number of aromatic amines is 1. The molecule has 1 aromatic heterocycles. The van der Waals surface area contributed by atoms with Gasteiger partial charge in [0.1, 0.15) is 18.1 Å². The molecule has 2 heterocycles. The monoisotopic (exact) mass is 458 g/mol. The standard InChI is InChI=1S/C25H20F2N6O/c1-25(2,24-28-31-32-29-24)16-7-5-6-15(12-16)23-19-9-4-3-8-18(19)22(14-34)33(30-23)21-11-10-17(26)13-20(21)27/h3-14,22H,1-2H3,(H,28,29,31,32). The molecule has 0 amide bonds. The second kappa shape index (κ2) is 8.26. The Kier molecular flexibility index (Phi) is 5.24. The number of nitrogens with zero attached hydrogens (tertiary/aromatic N) is 5. The first kappa shape index (κ1) is 21.6. The zero-order valence-corrected chi connectivity index (χ0v) is 18.4. The molecule has 0 bridgehead atoms. The molecule has 170 valence electrons. The normalized spacial score (nSPS) is 15.6. The van der Waals surface area contributed by atoms with Gasteiger partial charge >= 0.3 is 0 Å². The highest BCUT2D eigenvalue weighted by atomic mass is 19.1. The van der Waals surface area contributed by atoms with Crippen LogP contribution >= 0.6 is 0 Å². The topological polar surface area (TPSA) is 87.1 Å². The van der Waals surface area contributed by atoms with Crippen LogP contribution in [0.2, 0.25) is 0 Å². The van der Waals surface area contributed by atoms with Gasteiger partial charge in [-0.3, -0.25) is 0 Å². The summed E-state index contributed by atoms with van der Waals surface area (Å²) in [4.78, 5) is 12.1. The fraction of sp³-hybridized carbons (Fsp3) is 0.160. The third-order valence-corrected chi connectivity index (χ3v) is 6.09. The minimum atomic E-state index is -0.861. The average Bonchev–Trinajstić information content (AvgIpc) is 3.39. The van der Waals surface area contributed by atoms with Crippen molar-refractivity contribution < 1.29 is 13.6 Å².